The summed E-state index contributed by atoms with van der Waals surface area (Å²) in [5.41, 5.74) is 1.85. The zero-order valence-corrected chi connectivity index (χ0v) is 16.2. The van der Waals surface area contributed by atoms with Crippen molar-refractivity contribution in [1.29, 1.82) is 0 Å². The van der Waals surface area contributed by atoms with E-state index in [0.29, 0.717) is 34.1 Å². The van der Waals surface area contributed by atoms with Crippen molar-refractivity contribution in [2.24, 2.45) is 0 Å². The van der Waals surface area contributed by atoms with Crippen LogP contribution in [0.2, 0.25) is 5.02 Å². The Morgan fingerprint density at radius 1 is 1.25 bits per heavy atom. The molecule has 1 aromatic heterocycles. The van der Waals surface area contributed by atoms with E-state index in [1.54, 1.807) is 0 Å². The predicted molar refractivity (Wildman–Crippen MR) is 102 cm³/mol. The Bertz CT molecular complexity index is 984. The monoisotopic (exact) mass is 422 g/mol. The number of benzene rings is 2. The summed E-state index contributed by atoms with van der Waals surface area (Å²) in [4.78, 5) is 0. The summed E-state index contributed by atoms with van der Waals surface area (Å²) in [7, 11) is 0. The van der Waals surface area contributed by atoms with Crippen molar-refractivity contribution in [3.63, 3.8) is 0 Å². The Kier molecular flexibility index (Phi) is 5.56. The molecule has 2 heterocycles. The molecule has 28 heavy (non-hydrogen) atoms. The van der Waals surface area contributed by atoms with E-state index in [9.17, 15) is 4.39 Å². The van der Waals surface area contributed by atoms with Gasteiger partial charge in [0.15, 0.2) is 12.6 Å². The second kappa shape index (κ2) is 8.26. The van der Waals surface area contributed by atoms with Gasteiger partial charge < -0.3 is 20.1 Å². The number of fused-ring (bicyclic) bond motifs is 1. The maximum atomic E-state index is 12.9. The molecule has 0 fully saturated rings. The molecular weight excluding hydrogens is 407 g/mol. The van der Waals surface area contributed by atoms with Gasteiger partial charge in [-0.25, -0.2) is 9.07 Å². The Hall–Kier alpha value is -2.49. The highest BCUT2D eigenvalue weighted by atomic mass is 35.5. The second-order valence-electron chi connectivity index (χ2n) is 5.96. The number of hydrogen-bond donors (Lipinski definition) is 1. The van der Waals surface area contributed by atoms with E-state index in [2.05, 4.69) is 10.2 Å². The van der Waals surface area contributed by atoms with Gasteiger partial charge in [0, 0.05) is 21.9 Å². The van der Waals surface area contributed by atoms with Crippen LogP contribution >= 0.6 is 23.4 Å². The fourth-order valence-electron chi connectivity index (χ4n) is 2.69. The minimum Gasteiger partial charge on any atom is -0.486 e. The molecule has 2 N–H and O–H groups in total. The number of ether oxygens (including phenoxy) is 3. The van der Waals surface area contributed by atoms with Crippen LogP contribution in [0.5, 0.6) is 11.5 Å². The van der Waals surface area contributed by atoms with Gasteiger partial charge in [0.05, 0.1) is 6.61 Å². The van der Waals surface area contributed by atoms with E-state index in [-0.39, 0.29) is 19.2 Å². The highest BCUT2D eigenvalue weighted by Gasteiger charge is 2.18. The molecule has 0 bridgehead atoms. The summed E-state index contributed by atoms with van der Waals surface area (Å²) < 4.78 is 30.8. The molecule has 1 aliphatic heterocycles. The molecule has 7 nitrogen and oxygen atoms in total. The Balaban J connectivity index is 1.42. The average molecular weight is 423 g/mol. The van der Waals surface area contributed by atoms with E-state index in [4.69, 9.17) is 31.7 Å². The van der Waals surface area contributed by atoms with Crippen molar-refractivity contribution < 1.29 is 18.6 Å². The number of thioether (sulfide) groups is 1. The maximum Gasteiger partial charge on any atom is 0.210 e. The lowest BCUT2D eigenvalue weighted by Crippen LogP contribution is -2.16. The van der Waals surface area contributed by atoms with Crippen molar-refractivity contribution in [2.75, 3.05) is 12.6 Å². The minimum atomic E-state index is -0.327. The molecule has 146 valence electrons. The third-order valence-electron chi connectivity index (χ3n) is 4.03. The first-order valence-electron chi connectivity index (χ1n) is 8.32. The van der Waals surface area contributed by atoms with Gasteiger partial charge in [0.1, 0.15) is 23.9 Å². The van der Waals surface area contributed by atoms with E-state index in [1.807, 2.05) is 12.1 Å². The molecule has 2 aromatic carbocycles. The van der Waals surface area contributed by atoms with Crippen LogP contribution in [0.1, 0.15) is 17.0 Å². The van der Waals surface area contributed by atoms with Crippen LogP contribution in [0.3, 0.4) is 0 Å². The van der Waals surface area contributed by atoms with Crippen LogP contribution in [-0.2, 0) is 23.7 Å². The quantitative estimate of drug-likeness (QED) is 0.480. The third-order valence-corrected chi connectivity index (χ3v) is 5.24. The Morgan fingerprint density at radius 2 is 2.07 bits per heavy atom. The number of halogens is 2. The SMILES string of the molecule is Nn1c(COc2ccc(F)cc2)nnc1SCc1cc(Cl)cc2c1OCOC2. The van der Waals surface area contributed by atoms with Gasteiger partial charge in [-0.05, 0) is 36.4 Å². The molecule has 0 atom stereocenters. The summed E-state index contributed by atoms with van der Waals surface area (Å²) in [5.74, 6) is 8.05. The van der Waals surface area contributed by atoms with Crippen molar-refractivity contribution in [3.05, 3.63) is 64.2 Å². The second-order valence-corrected chi connectivity index (χ2v) is 7.34. The Labute approximate surface area is 169 Å². The first-order valence-corrected chi connectivity index (χ1v) is 9.69. The van der Waals surface area contributed by atoms with Crippen LogP contribution < -0.4 is 15.3 Å². The lowest BCUT2D eigenvalue weighted by Gasteiger charge is -2.20. The van der Waals surface area contributed by atoms with Gasteiger partial charge in [0.25, 0.3) is 0 Å². The highest BCUT2D eigenvalue weighted by Crippen LogP contribution is 2.35. The number of rotatable bonds is 6. The summed E-state index contributed by atoms with van der Waals surface area (Å²) in [5, 5.41) is 9.30. The lowest BCUT2D eigenvalue weighted by atomic mass is 10.1. The van der Waals surface area contributed by atoms with Gasteiger partial charge in [-0.15, -0.1) is 10.2 Å². The van der Waals surface area contributed by atoms with Crippen LogP contribution in [0.25, 0.3) is 0 Å². The first-order chi connectivity index (χ1) is 13.6. The summed E-state index contributed by atoms with van der Waals surface area (Å²) in [6.07, 6.45) is 0. The molecular formula is C18H16ClFN4O3S. The number of nitrogens with zero attached hydrogens (tertiary/aromatic N) is 3. The van der Waals surface area contributed by atoms with Crippen LogP contribution in [0.4, 0.5) is 4.39 Å². The van der Waals surface area contributed by atoms with Crippen LogP contribution in [0, 0.1) is 5.82 Å². The number of aromatic nitrogens is 3. The van der Waals surface area contributed by atoms with Crippen molar-refractivity contribution in [1.82, 2.24) is 14.9 Å². The van der Waals surface area contributed by atoms with Crippen LogP contribution in [-0.4, -0.2) is 21.7 Å². The lowest BCUT2D eigenvalue weighted by molar-refractivity contribution is -0.0168. The number of nitrogens with two attached hydrogens (primary N) is 1. The smallest absolute Gasteiger partial charge is 0.210 e. The van der Waals surface area contributed by atoms with Gasteiger partial charge in [0.2, 0.25) is 5.16 Å². The molecule has 0 saturated carbocycles. The zero-order chi connectivity index (χ0) is 19.5. The molecule has 0 saturated heterocycles. The molecule has 0 unspecified atom stereocenters. The average Bonchev–Trinajstić information content (AvgIpc) is 3.05. The summed E-state index contributed by atoms with van der Waals surface area (Å²) in [6.45, 7) is 0.790. The maximum absolute atomic E-state index is 12.9. The molecule has 0 amide bonds. The van der Waals surface area contributed by atoms with Crippen molar-refractivity contribution >= 4 is 23.4 Å². The van der Waals surface area contributed by atoms with E-state index < -0.39 is 0 Å². The molecule has 0 aliphatic carbocycles. The molecule has 0 spiro atoms. The van der Waals surface area contributed by atoms with E-state index >= 15 is 0 Å². The van der Waals surface area contributed by atoms with Crippen LogP contribution in [0.15, 0.2) is 41.6 Å². The van der Waals surface area contributed by atoms with E-state index in [0.717, 1.165) is 16.9 Å². The normalized spacial score (nSPS) is 13.1. The highest BCUT2D eigenvalue weighted by molar-refractivity contribution is 7.98. The Morgan fingerprint density at radius 3 is 2.89 bits per heavy atom. The van der Waals surface area contributed by atoms with Gasteiger partial charge >= 0.3 is 0 Å². The van der Waals surface area contributed by atoms with Gasteiger partial charge in [-0.3, -0.25) is 0 Å². The molecule has 0 radical (unpaired) electrons. The van der Waals surface area contributed by atoms with Gasteiger partial charge in [-0.1, -0.05) is 23.4 Å². The molecule has 4 rings (SSSR count). The topological polar surface area (TPSA) is 84.4 Å². The number of nitrogen functional groups attached to an aromatic ring is 1. The van der Waals surface area contributed by atoms with Crippen molar-refractivity contribution in [3.8, 4) is 11.5 Å². The van der Waals surface area contributed by atoms with E-state index in [1.165, 1.54) is 40.7 Å². The first kappa shape index (κ1) is 18.9. The summed E-state index contributed by atoms with van der Waals surface area (Å²) in [6, 6.07) is 9.41. The summed E-state index contributed by atoms with van der Waals surface area (Å²) >= 11 is 7.60. The molecule has 1 aliphatic rings. The minimum absolute atomic E-state index is 0.114. The number of hydrogen-bond acceptors (Lipinski definition) is 7. The molecule has 10 heteroatoms. The van der Waals surface area contributed by atoms with Gasteiger partial charge in [-0.2, -0.15) is 0 Å². The predicted octanol–water partition coefficient (Wildman–Crippen LogP) is 3.52. The molecule has 3 aromatic rings. The zero-order valence-electron chi connectivity index (χ0n) is 14.6. The standard InChI is InChI=1S/C18H16ClFN4O3S/c19-13-5-11-7-25-10-27-17(11)12(6-13)9-28-18-23-22-16(24(18)21)8-26-15-3-1-14(20)2-4-15/h1-6H,7-10,21H2. The largest absolute Gasteiger partial charge is 0.486 e. The fourth-order valence-corrected chi connectivity index (χ4v) is 3.79. The third kappa shape index (κ3) is 4.16. The van der Waals surface area contributed by atoms with Crippen molar-refractivity contribution in [2.45, 2.75) is 24.1 Å². The fraction of sp³-hybridized carbons (Fsp3) is 0.222.